The zero-order valence-electron chi connectivity index (χ0n) is 15.2. The summed E-state index contributed by atoms with van der Waals surface area (Å²) in [6, 6.07) is 10.5. The summed E-state index contributed by atoms with van der Waals surface area (Å²) in [6.07, 6.45) is 4.80. The van der Waals surface area contributed by atoms with E-state index in [0.717, 1.165) is 43.2 Å². The fourth-order valence-electron chi connectivity index (χ4n) is 3.02. The molecule has 2 heterocycles. The van der Waals surface area contributed by atoms with Gasteiger partial charge in [-0.05, 0) is 42.7 Å². The number of furan rings is 1. The summed E-state index contributed by atoms with van der Waals surface area (Å²) >= 11 is 0. The second-order valence-corrected chi connectivity index (χ2v) is 6.54. The van der Waals surface area contributed by atoms with Crippen LogP contribution in [0.1, 0.15) is 24.2 Å². The van der Waals surface area contributed by atoms with Crippen molar-refractivity contribution in [2.24, 2.45) is 4.99 Å². The fraction of sp³-hybridized carbons (Fsp3) is 0.450. The Hall–Kier alpha value is -2.34. The summed E-state index contributed by atoms with van der Waals surface area (Å²) in [5, 5.41) is 3.38. The second kappa shape index (κ2) is 9.38. The van der Waals surface area contributed by atoms with Gasteiger partial charge in [0.15, 0.2) is 5.96 Å². The maximum absolute atomic E-state index is 13.4. The standard InChI is InChI=1S/C20H26FN3O2/c1-24(15-16-5-2-6-17(21)13-16)20(23-14-19-8-4-12-26-19)22-10-9-18-7-3-11-25-18/h2-3,5-7,11,13,19H,4,8-10,12,14-15H2,1H3,(H,22,23). The fourth-order valence-corrected chi connectivity index (χ4v) is 3.02. The normalized spacial score (nSPS) is 17.5. The number of hydrogen-bond acceptors (Lipinski definition) is 3. The maximum atomic E-state index is 13.4. The quantitative estimate of drug-likeness (QED) is 0.609. The lowest BCUT2D eigenvalue weighted by molar-refractivity contribution is 0.117. The van der Waals surface area contributed by atoms with Gasteiger partial charge in [0.25, 0.3) is 0 Å². The van der Waals surface area contributed by atoms with Crippen LogP contribution in [0.15, 0.2) is 52.1 Å². The Morgan fingerprint density at radius 1 is 1.35 bits per heavy atom. The van der Waals surface area contributed by atoms with E-state index in [4.69, 9.17) is 14.1 Å². The number of hydrogen-bond donors (Lipinski definition) is 1. The van der Waals surface area contributed by atoms with Crippen molar-refractivity contribution in [2.75, 3.05) is 26.7 Å². The van der Waals surface area contributed by atoms with Gasteiger partial charge in [-0.1, -0.05) is 12.1 Å². The van der Waals surface area contributed by atoms with Gasteiger partial charge in [0, 0.05) is 33.2 Å². The topological polar surface area (TPSA) is 50.0 Å². The molecule has 1 N–H and O–H groups in total. The lowest BCUT2D eigenvalue weighted by Gasteiger charge is -2.23. The minimum atomic E-state index is -0.223. The van der Waals surface area contributed by atoms with Crippen LogP contribution >= 0.6 is 0 Å². The molecule has 1 unspecified atom stereocenters. The number of guanidine groups is 1. The van der Waals surface area contributed by atoms with Crippen LogP contribution in [0.2, 0.25) is 0 Å². The monoisotopic (exact) mass is 359 g/mol. The van der Waals surface area contributed by atoms with Gasteiger partial charge in [-0.25, -0.2) is 4.39 Å². The molecule has 0 aliphatic carbocycles. The van der Waals surface area contributed by atoms with E-state index in [1.807, 2.05) is 30.1 Å². The molecule has 0 amide bonds. The highest BCUT2D eigenvalue weighted by atomic mass is 19.1. The van der Waals surface area contributed by atoms with Crippen LogP contribution in [0.25, 0.3) is 0 Å². The molecule has 26 heavy (non-hydrogen) atoms. The molecule has 1 aromatic heterocycles. The van der Waals surface area contributed by atoms with E-state index < -0.39 is 0 Å². The molecule has 1 aromatic carbocycles. The SMILES string of the molecule is CN(Cc1cccc(F)c1)C(=NCC1CCCO1)NCCc1ccco1. The lowest BCUT2D eigenvalue weighted by atomic mass is 10.2. The summed E-state index contributed by atoms with van der Waals surface area (Å²) in [5.74, 6) is 1.50. The van der Waals surface area contributed by atoms with E-state index >= 15 is 0 Å². The molecule has 1 aliphatic rings. The first-order chi connectivity index (χ1) is 12.7. The molecule has 0 radical (unpaired) electrons. The predicted octanol–water partition coefficient (Wildman–Crippen LogP) is 3.22. The third-order valence-electron chi connectivity index (χ3n) is 4.37. The average Bonchev–Trinajstić information content (AvgIpc) is 3.31. The van der Waals surface area contributed by atoms with Gasteiger partial charge in [0.05, 0.1) is 18.9 Å². The predicted molar refractivity (Wildman–Crippen MR) is 99.6 cm³/mol. The van der Waals surface area contributed by atoms with Crippen LogP contribution in [-0.4, -0.2) is 43.7 Å². The Labute approximate surface area is 153 Å². The Balaban J connectivity index is 1.60. The molecule has 0 bridgehead atoms. The largest absolute Gasteiger partial charge is 0.469 e. The van der Waals surface area contributed by atoms with Crippen molar-refractivity contribution >= 4 is 5.96 Å². The Kier molecular flexibility index (Phi) is 6.66. The highest BCUT2D eigenvalue weighted by molar-refractivity contribution is 5.79. The third-order valence-corrected chi connectivity index (χ3v) is 4.37. The summed E-state index contributed by atoms with van der Waals surface area (Å²) in [4.78, 5) is 6.73. The van der Waals surface area contributed by atoms with Crippen LogP contribution in [0, 0.1) is 5.82 Å². The molecule has 1 saturated heterocycles. The number of nitrogens with one attached hydrogen (secondary N) is 1. The van der Waals surface area contributed by atoms with E-state index in [2.05, 4.69) is 5.32 Å². The maximum Gasteiger partial charge on any atom is 0.194 e. The zero-order chi connectivity index (χ0) is 18.2. The summed E-state index contributed by atoms with van der Waals surface area (Å²) < 4.78 is 24.5. The average molecular weight is 359 g/mol. The van der Waals surface area contributed by atoms with Crippen molar-refractivity contribution in [3.63, 3.8) is 0 Å². The highest BCUT2D eigenvalue weighted by Gasteiger charge is 2.16. The first-order valence-corrected chi connectivity index (χ1v) is 9.08. The van der Waals surface area contributed by atoms with Crippen LogP contribution < -0.4 is 5.32 Å². The lowest BCUT2D eigenvalue weighted by Crippen LogP contribution is -2.40. The van der Waals surface area contributed by atoms with Crippen molar-refractivity contribution in [2.45, 2.75) is 31.9 Å². The van der Waals surface area contributed by atoms with Crippen molar-refractivity contribution in [3.8, 4) is 0 Å². The first-order valence-electron chi connectivity index (χ1n) is 9.08. The van der Waals surface area contributed by atoms with Crippen LogP contribution in [0.3, 0.4) is 0 Å². The molecular weight excluding hydrogens is 333 g/mol. The first kappa shape index (κ1) is 18.5. The second-order valence-electron chi connectivity index (χ2n) is 6.54. The van der Waals surface area contributed by atoms with E-state index in [9.17, 15) is 4.39 Å². The summed E-state index contributed by atoms with van der Waals surface area (Å²) in [5.41, 5.74) is 0.908. The number of ether oxygens (including phenoxy) is 1. The van der Waals surface area contributed by atoms with Gasteiger partial charge in [-0.15, -0.1) is 0 Å². The Morgan fingerprint density at radius 3 is 3.00 bits per heavy atom. The Bertz CT molecular complexity index is 697. The molecule has 6 heteroatoms. The summed E-state index contributed by atoms with van der Waals surface area (Å²) in [6.45, 7) is 2.75. The van der Waals surface area contributed by atoms with Crippen molar-refractivity contribution < 1.29 is 13.5 Å². The highest BCUT2D eigenvalue weighted by Crippen LogP contribution is 2.12. The van der Waals surface area contributed by atoms with Gasteiger partial charge in [-0.2, -0.15) is 0 Å². The molecule has 140 valence electrons. The molecular formula is C20H26FN3O2. The molecule has 2 aromatic rings. The van der Waals surface area contributed by atoms with E-state index in [1.165, 1.54) is 6.07 Å². The van der Waals surface area contributed by atoms with Crippen molar-refractivity contribution in [1.29, 1.82) is 0 Å². The minimum Gasteiger partial charge on any atom is -0.469 e. The van der Waals surface area contributed by atoms with Crippen LogP contribution in [0.5, 0.6) is 0 Å². The van der Waals surface area contributed by atoms with Gasteiger partial charge in [-0.3, -0.25) is 4.99 Å². The molecule has 0 saturated carbocycles. The molecule has 5 nitrogen and oxygen atoms in total. The van der Waals surface area contributed by atoms with Crippen LogP contribution in [0.4, 0.5) is 4.39 Å². The van der Waals surface area contributed by atoms with E-state index in [1.54, 1.807) is 18.4 Å². The number of nitrogens with zero attached hydrogens (tertiary/aromatic N) is 2. The Morgan fingerprint density at radius 2 is 2.27 bits per heavy atom. The smallest absolute Gasteiger partial charge is 0.194 e. The number of rotatable bonds is 7. The van der Waals surface area contributed by atoms with E-state index in [0.29, 0.717) is 19.6 Å². The number of aliphatic imine (C=N–C) groups is 1. The van der Waals surface area contributed by atoms with Crippen molar-refractivity contribution in [1.82, 2.24) is 10.2 Å². The van der Waals surface area contributed by atoms with Crippen LogP contribution in [-0.2, 0) is 17.7 Å². The van der Waals surface area contributed by atoms with Gasteiger partial charge < -0.3 is 19.4 Å². The molecule has 3 rings (SSSR count). The zero-order valence-corrected chi connectivity index (χ0v) is 15.2. The molecule has 1 aliphatic heterocycles. The minimum absolute atomic E-state index is 0.194. The van der Waals surface area contributed by atoms with Gasteiger partial charge >= 0.3 is 0 Å². The van der Waals surface area contributed by atoms with Gasteiger partial charge in [0.2, 0.25) is 0 Å². The summed E-state index contributed by atoms with van der Waals surface area (Å²) in [7, 11) is 1.96. The van der Waals surface area contributed by atoms with Gasteiger partial charge in [0.1, 0.15) is 11.6 Å². The van der Waals surface area contributed by atoms with Crippen molar-refractivity contribution in [3.05, 3.63) is 59.8 Å². The number of halogens is 1. The third kappa shape index (κ3) is 5.59. The van der Waals surface area contributed by atoms with E-state index in [-0.39, 0.29) is 11.9 Å². The molecule has 0 spiro atoms. The molecule has 1 atom stereocenters. The molecule has 1 fully saturated rings. The number of benzene rings is 1.